The molecule has 80 valence electrons. The van der Waals surface area contributed by atoms with Gasteiger partial charge in [-0.15, -0.1) is 0 Å². The second kappa shape index (κ2) is 4.14. The molecule has 1 atom stereocenters. The van der Waals surface area contributed by atoms with Crippen LogP contribution in [0.4, 0.5) is 11.4 Å². The molecule has 0 aliphatic carbocycles. The minimum absolute atomic E-state index is 0.0387. The molecule has 2 N–H and O–H groups in total. The number of anilines is 2. The predicted molar refractivity (Wildman–Crippen MR) is 68.2 cm³/mol. The van der Waals surface area contributed by atoms with Crippen LogP contribution < -0.4 is 10.6 Å². The van der Waals surface area contributed by atoms with Gasteiger partial charge in [-0.25, -0.2) is 0 Å². The highest BCUT2D eigenvalue weighted by Crippen LogP contribution is 2.36. The SMILES string of the molecule is CC1CC(=O)Nc2c(Br)cc(Br)cc2N1. The Kier molecular flexibility index (Phi) is 3.02. The van der Waals surface area contributed by atoms with Crippen molar-refractivity contribution in [2.24, 2.45) is 0 Å². The van der Waals surface area contributed by atoms with Gasteiger partial charge in [0, 0.05) is 21.4 Å². The zero-order valence-corrected chi connectivity index (χ0v) is 11.3. The van der Waals surface area contributed by atoms with Crippen LogP contribution in [0.15, 0.2) is 21.1 Å². The van der Waals surface area contributed by atoms with Crippen molar-refractivity contribution in [3.05, 3.63) is 21.1 Å². The zero-order chi connectivity index (χ0) is 11.0. The number of carbonyl (C=O) groups excluding carboxylic acids is 1. The van der Waals surface area contributed by atoms with E-state index in [1.54, 1.807) is 0 Å². The van der Waals surface area contributed by atoms with E-state index in [-0.39, 0.29) is 11.9 Å². The van der Waals surface area contributed by atoms with Crippen LogP contribution in [0.1, 0.15) is 13.3 Å². The molecule has 0 fully saturated rings. The number of fused-ring (bicyclic) bond motifs is 1. The van der Waals surface area contributed by atoms with Gasteiger partial charge >= 0.3 is 0 Å². The minimum Gasteiger partial charge on any atom is -0.380 e. The summed E-state index contributed by atoms with van der Waals surface area (Å²) in [5.41, 5.74) is 1.75. The third-order valence-electron chi connectivity index (χ3n) is 2.21. The van der Waals surface area contributed by atoms with Gasteiger partial charge in [0.2, 0.25) is 5.91 Å². The fourth-order valence-corrected chi connectivity index (χ4v) is 2.92. The van der Waals surface area contributed by atoms with E-state index in [1.807, 2.05) is 19.1 Å². The van der Waals surface area contributed by atoms with Gasteiger partial charge < -0.3 is 10.6 Å². The Balaban J connectivity index is 2.50. The lowest BCUT2D eigenvalue weighted by Gasteiger charge is -2.13. The van der Waals surface area contributed by atoms with E-state index in [4.69, 9.17) is 0 Å². The Morgan fingerprint density at radius 2 is 2.13 bits per heavy atom. The van der Waals surface area contributed by atoms with Crippen LogP contribution in [0.5, 0.6) is 0 Å². The van der Waals surface area contributed by atoms with E-state index in [0.717, 1.165) is 20.3 Å². The molecule has 0 aromatic heterocycles. The molecule has 2 rings (SSSR count). The quantitative estimate of drug-likeness (QED) is 0.764. The lowest BCUT2D eigenvalue weighted by molar-refractivity contribution is -0.116. The van der Waals surface area contributed by atoms with Gasteiger partial charge in [-0.2, -0.15) is 0 Å². The van der Waals surface area contributed by atoms with E-state index in [2.05, 4.69) is 42.5 Å². The molecule has 1 aromatic rings. The molecule has 0 spiro atoms. The highest BCUT2D eigenvalue weighted by Gasteiger charge is 2.19. The third-order valence-corrected chi connectivity index (χ3v) is 3.30. The molecule has 0 radical (unpaired) electrons. The first-order valence-corrected chi connectivity index (χ1v) is 6.20. The minimum atomic E-state index is 0.0387. The van der Waals surface area contributed by atoms with Gasteiger partial charge in [-0.1, -0.05) is 15.9 Å². The summed E-state index contributed by atoms with van der Waals surface area (Å²) in [6.07, 6.45) is 0.485. The van der Waals surface area contributed by atoms with E-state index >= 15 is 0 Å². The second-order valence-corrected chi connectivity index (χ2v) is 5.38. The number of amides is 1. The maximum Gasteiger partial charge on any atom is 0.226 e. The van der Waals surface area contributed by atoms with Crippen molar-refractivity contribution in [1.82, 2.24) is 0 Å². The average molecular weight is 334 g/mol. The summed E-state index contributed by atoms with van der Waals surface area (Å²) in [4.78, 5) is 11.5. The first-order chi connectivity index (χ1) is 7.06. The maximum absolute atomic E-state index is 11.5. The molecule has 1 aromatic carbocycles. The average Bonchev–Trinajstić information content (AvgIpc) is 2.22. The van der Waals surface area contributed by atoms with Gasteiger partial charge in [0.1, 0.15) is 0 Å². The van der Waals surface area contributed by atoms with Crippen LogP contribution in [0.25, 0.3) is 0 Å². The molecule has 1 aliphatic heterocycles. The monoisotopic (exact) mass is 332 g/mol. The second-order valence-electron chi connectivity index (χ2n) is 3.61. The highest BCUT2D eigenvalue weighted by molar-refractivity contribution is 9.11. The van der Waals surface area contributed by atoms with Crippen molar-refractivity contribution in [2.45, 2.75) is 19.4 Å². The fourth-order valence-electron chi connectivity index (χ4n) is 1.60. The van der Waals surface area contributed by atoms with Crippen molar-refractivity contribution in [3.63, 3.8) is 0 Å². The molecular formula is C10H10Br2N2O. The van der Waals surface area contributed by atoms with E-state index in [0.29, 0.717) is 6.42 Å². The number of hydrogen-bond donors (Lipinski definition) is 2. The normalized spacial score (nSPS) is 19.9. The molecule has 0 saturated heterocycles. The summed E-state index contributed by atoms with van der Waals surface area (Å²) in [7, 11) is 0. The van der Waals surface area contributed by atoms with Crippen LogP contribution in [-0.2, 0) is 4.79 Å². The van der Waals surface area contributed by atoms with Crippen LogP contribution >= 0.6 is 31.9 Å². The molecule has 15 heavy (non-hydrogen) atoms. The zero-order valence-electron chi connectivity index (χ0n) is 8.10. The summed E-state index contributed by atoms with van der Waals surface area (Å²) in [6.45, 7) is 1.99. The summed E-state index contributed by atoms with van der Waals surface area (Å²) in [5, 5.41) is 6.17. The number of hydrogen-bond acceptors (Lipinski definition) is 2. The van der Waals surface area contributed by atoms with Crippen molar-refractivity contribution >= 4 is 49.1 Å². The van der Waals surface area contributed by atoms with Crippen LogP contribution in [-0.4, -0.2) is 11.9 Å². The van der Waals surface area contributed by atoms with Gasteiger partial charge in [-0.05, 0) is 35.0 Å². The number of halogens is 2. The van der Waals surface area contributed by atoms with Gasteiger partial charge in [0.25, 0.3) is 0 Å². The first-order valence-electron chi connectivity index (χ1n) is 4.61. The smallest absolute Gasteiger partial charge is 0.226 e. The van der Waals surface area contributed by atoms with Crippen molar-refractivity contribution in [1.29, 1.82) is 0 Å². The van der Waals surface area contributed by atoms with Crippen LogP contribution in [0.2, 0.25) is 0 Å². The number of carbonyl (C=O) groups is 1. The van der Waals surface area contributed by atoms with Crippen LogP contribution in [0.3, 0.4) is 0 Å². The lowest BCUT2D eigenvalue weighted by atomic mass is 10.2. The Bertz CT molecular complexity index is 420. The largest absolute Gasteiger partial charge is 0.380 e. The van der Waals surface area contributed by atoms with E-state index in [9.17, 15) is 4.79 Å². The standard InChI is InChI=1S/C10H10Br2N2O/c1-5-2-9(15)14-10-7(12)3-6(11)4-8(10)13-5/h3-5,13H,2H2,1H3,(H,14,15). The highest BCUT2D eigenvalue weighted by atomic mass is 79.9. The first kappa shape index (κ1) is 11.0. The maximum atomic E-state index is 11.5. The molecule has 0 saturated carbocycles. The summed E-state index contributed by atoms with van der Waals surface area (Å²) in [6, 6.07) is 4.02. The Labute approximate surface area is 105 Å². The Hall–Kier alpha value is -0.550. The molecule has 1 amide bonds. The van der Waals surface area contributed by atoms with Gasteiger partial charge in [0.05, 0.1) is 11.4 Å². The third kappa shape index (κ3) is 2.34. The topological polar surface area (TPSA) is 41.1 Å². The van der Waals surface area contributed by atoms with Crippen molar-refractivity contribution in [3.8, 4) is 0 Å². The molecule has 0 bridgehead atoms. The summed E-state index contributed by atoms with van der Waals surface area (Å²) < 4.78 is 1.85. The van der Waals surface area contributed by atoms with Gasteiger partial charge in [0.15, 0.2) is 0 Å². The van der Waals surface area contributed by atoms with Crippen molar-refractivity contribution < 1.29 is 4.79 Å². The number of nitrogens with one attached hydrogen (secondary N) is 2. The predicted octanol–water partition coefficient (Wildman–Crippen LogP) is 3.35. The Morgan fingerprint density at radius 1 is 1.40 bits per heavy atom. The van der Waals surface area contributed by atoms with Crippen LogP contribution in [0, 0.1) is 0 Å². The number of benzene rings is 1. The van der Waals surface area contributed by atoms with Gasteiger partial charge in [-0.3, -0.25) is 4.79 Å². The molecule has 1 aliphatic rings. The Morgan fingerprint density at radius 3 is 2.87 bits per heavy atom. The molecule has 1 heterocycles. The number of rotatable bonds is 0. The fraction of sp³-hybridized carbons (Fsp3) is 0.300. The van der Waals surface area contributed by atoms with E-state index < -0.39 is 0 Å². The molecule has 1 unspecified atom stereocenters. The summed E-state index contributed by atoms with van der Waals surface area (Å²) in [5.74, 6) is 0.0387. The molecule has 3 nitrogen and oxygen atoms in total. The molecular weight excluding hydrogens is 324 g/mol. The molecule has 5 heteroatoms. The lowest BCUT2D eigenvalue weighted by Crippen LogP contribution is -2.18. The van der Waals surface area contributed by atoms with Crippen molar-refractivity contribution in [2.75, 3.05) is 10.6 Å². The van der Waals surface area contributed by atoms with E-state index in [1.165, 1.54) is 0 Å². The summed E-state index contributed by atoms with van der Waals surface area (Å²) >= 11 is 6.85.